The highest BCUT2D eigenvalue weighted by Crippen LogP contribution is 2.33. The molecule has 1 N–H and O–H groups in total. The molecule has 128 valence electrons. The lowest BCUT2D eigenvalue weighted by molar-refractivity contribution is -0.113. The number of ether oxygens (including phenoxy) is 2. The number of halogens is 1. The summed E-state index contributed by atoms with van der Waals surface area (Å²) < 4.78 is 10.4. The van der Waals surface area contributed by atoms with Crippen molar-refractivity contribution in [1.29, 1.82) is 0 Å². The number of anilines is 1. The highest BCUT2D eigenvalue weighted by molar-refractivity contribution is 8.00. The molecule has 0 radical (unpaired) electrons. The molecule has 0 saturated carbocycles. The molecular weight excluding hydrogens is 346 g/mol. The molecule has 6 heteroatoms. The van der Waals surface area contributed by atoms with Gasteiger partial charge in [0, 0.05) is 16.3 Å². The van der Waals surface area contributed by atoms with Crippen LogP contribution in [0.2, 0.25) is 5.02 Å². The number of amides is 1. The monoisotopic (exact) mass is 365 g/mol. The topological polar surface area (TPSA) is 47.6 Å². The SMILES string of the molecule is COc1ccc(NC(=O)CSC(C)c2ccccc2Cl)c(OC)c1. The molecule has 1 unspecified atom stereocenters. The number of methoxy groups -OCH3 is 2. The fraction of sp³-hybridized carbons (Fsp3) is 0.278. The van der Waals surface area contributed by atoms with Gasteiger partial charge in [0.1, 0.15) is 11.5 Å². The number of nitrogens with one attached hydrogen (secondary N) is 1. The number of carbonyl (C=O) groups excluding carboxylic acids is 1. The Morgan fingerprint density at radius 2 is 1.96 bits per heavy atom. The van der Waals surface area contributed by atoms with E-state index >= 15 is 0 Å². The molecule has 24 heavy (non-hydrogen) atoms. The van der Waals surface area contributed by atoms with Gasteiger partial charge in [-0.25, -0.2) is 0 Å². The van der Waals surface area contributed by atoms with Gasteiger partial charge in [0.05, 0.1) is 25.7 Å². The van der Waals surface area contributed by atoms with Crippen molar-refractivity contribution in [1.82, 2.24) is 0 Å². The summed E-state index contributed by atoms with van der Waals surface area (Å²) in [5, 5.41) is 3.71. The van der Waals surface area contributed by atoms with Crippen LogP contribution < -0.4 is 14.8 Å². The van der Waals surface area contributed by atoms with E-state index in [4.69, 9.17) is 21.1 Å². The second kappa shape index (κ2) is 8.85. The minimum Gasteiger partial charge on any atom is -0.497 e. The lowest BCUT2D eigenvalue weighted by atomic mass is 10.2. The highest BCUT2D eigenvalue weighted by atomic mass is 35.5. The van der Waals surface area contributed by atoms with Crippen LogP contribution in [0.25, 0.3) is 0 Å². The van der Waals surface area contributed by atoms with Gasteiger partial charge in [0.2, 0.25) is 5.91 Å². The quantitative estimate of drug-likeness (QED) is 0.766. The number of rotatable bonds is 7. The maximum Gasteiger partial charge on any atom is 0.234 e. The number of hydrogen-bond donors (Lipinski definition) is 1. The Labute approximate surface area is 151 Å². The zero-order chi connectivity index (χ0) is 17.5. The first-order valence-corrected chi connectivity index (χ1v) is 8.85. The van der Waals surface area contributed by atoms with Crippen molar-refractivity contribution in [3.05, 3.63) is 53.1 Å². The van der Waals surface area contributed by atoms with E-state index in [1.165, 1.54) is 11.8 Å². The second-order valence-corrected chi connectivity index (χ2v) is 6.83. The molecule has 2 aromatic rings. The summed E-state index contributed by atoms with van der Waals surface area (Å²) in [6.45, 7) is 2.03. The van der Waals surface area contributed by atoms with E-state index in [0.717, 1.165) is 10.6 Å². The highest BCUT2D eigenvalue weighted by Gasteiger charge is 2.13. The molecule has 0 spiro atoms. The van der Waals surface area contributed by atoms with Gasteiger partial charge >= 0.3 is 0 Å². The predicted molar refractivity (Wildman–Crippen MR) is 101 cm³/mol. The molecule has 2 aromatic carbocycles. The van der Waals surface area contributed by atoms with E-state index in [2.05, 4.69) is 5.32 Å². The lowest BCUT2D eigenvalue weighted by Crippen LogP contribution is -2.15. The standard InChI is InChI=1S/C18H20ClNO3S/c1-12(14-6-4-5-7-15(14)19)24-11-18(21)20-16-9-8-13(22-2)10-17(16)23-3/h4-10,12H,11H2,1-3H3,(H,20,21). The van der Waals surface area contributed by atoms with Crippen LogP contribution in [-0.4, -0.2) is 25.9 Å². The van der Waals surface area contributed by atoms with Crippen LogP contribution in [0.3, 0.4) is 0 Å². The first kappa shape index (κ1) is 18.5. The molecule has 0 aliphatic rings. The number of carbonyl (C=O) groups is 1. The Morgan fingerprint density at radius 3 is 2.62 bits per heavy atom. The normalized spacial score (nSPS) is 11.7. The van der Waals surface area contributed by atoms with E-state index < -0.39 is 0 Å². The van der Waals surface area contributed by atoms with Crippen LogP contribution in [0.5, 0.6) is 11.5 Å². The summed E-state index contributed by atoms with van der Waals surface area (Å²) in [6.07, 6.45) is 0. The van der Waals surface area contributed by atoms with Crippen molar-refractivity contribution in [2.24, 2.45) is 0 Å². The first-order chi connectivity index (χ1) is 11.5. The van der Waals surface area contributed by atoms with Gasteiger partial charge in [-0.1, -0.05) is 29.8 Å². The maximum absolute atomic E-state index is 12.2. The van der Waals surface area contributed by atoms with Crippen molar-refractivity contribution in [3.63, 3.8) is 0 Å². The van der Waals surface area contributed by atoms with Crippen LogP contribution in [-0.2, 0) is 4.79 Å². The lowest BCUT2D eigenvalue weighted by Gasteiger charge is -2.14. The molecule has 0 aromatic heterocycles. The maximum atomic E-state index is 12.2. The van der Waals surface area contributed by atoms with Crippen LogP contribution >= 0.6 is 23.4 Å². The smallest absolute Gasteiger partial charge is 0.234 e. The van der Waals surface area contributed by atoms with E-state index in [1.807, 2.05) is 31.2 Å². The van der Waals surface area contributed by atoms with Crippen LogP contribution in [0.15, 0.2) is 42.5 Å². The van der Waals surface area contributed by atoms with Crippen molar-refractivity contribution >= 4 is 35.0 Å². The molecule has 4 nitrogen and oxygen atoms in total. The summed E-state index contributed by atoms with van der Waals surface area (Å²) >= 11 is 7.72. The average molecular weight is 366 g/mol. The second-order valence-electron chi connectivity index (χ2n) is 5.09. The van der Waals surface area contributed by atoms with Crippen LogP contribution in [0, 0.1) is 0 Å². The summed E-state index contributed by atoms with van der Waals surface area (Å²) in [7, 11) is 3.14. The average Bonchev–Trinajstić information content (AvgIpc) is 2.60. The molecule has 1 atom stereocenters. The minimum absolute atomic E-state index is 0.0950. The molecule has 0 bridgehead atoms. The van der Waals surface area contributed by atoms with Crippen molar-refractivity contribution in [3.8, 4) is 11.5 Å². The fourth-order valence-electron chi connectivity index (χ4n) is 2.18. The molecule has 2 rings (SSSR count). The van der Waals surface area contributed by atoms with E-state index in [0.29, 0.717) is 22.9 Å². The number of hydrogen-bond acceptors (Lipinski definition) is 4. The van der Waals surface area contributed by atoms with Crippen molar-refractivity contribution < 1.29 is 14.3 Å². The minimum atomic E-state index is -0.0950. The van der Waals surface area contributed by atoms with Crippen molar-refractivity contribution in [2.75, 3.05) is 25.3 Å². The molecular formula is C18H20ClNO3S. The molecule has 0 saturated heterocycles. The summed E-state index contributed by atoms with van der Waals surface area (Å²) in [5.74, 6) is 1.46. The Hall–Kier alpha value is -1.85. The largest absolute Gasteiger partial charge is 0.497 e. The first-order valence-electron chi connectivity index (χ1n) is 7.43. The summed E-state index contributed by atoms with van der Waals surface area (Å²) in [5.41, 5.74) is 1.65. The zero-order valence-electron chi connectivity index (χ0n) is 13.8. The fourth-order valence-corrected chi connectivity index (χ4v) is 3.41. The summed E-state index contributed by atoms with van der Waals surface area (Å²) in [6, 6.07) is 12.9. The third-order valence-corrected chi connectivity index (χ3v) is 5.02. The van der Waals surface area contributed by atoms with Gasteiger partial charge in [0.15, 0.2) is 0 Å². The van der Waals surface area contributed by atoms with Gasteiger partial charge in [-0.05, 0) is 30.7 Å². The van der Waals surface area contributed by atoms with Gasteiger partial charge in [-0.3, -0.25) is 4.79 Å². The van der Waals surface area contributed by atoms with Crippen LogP contribution in [0.1, 0.15) is 17.7 Å². The molecule has 0 fully saturated rings. The third kappa shape index (κ3) is 4.82. The summed E-state index contributed by atoms with van der Waals surface area (Å²) in [4.78, 5) is 12.2. The van der Waals surface area contributed by atoms with Crippen LogP contribution in [0.4, 0.5) is 5.69 Å². The van der Waals surface area contributed by atoms with E-state index in [9.17, 15) is 4.79 Å². The van der Waals surface area contributed by atoms with Gasteiger partial charge in [0.25, 0.3) is 0 Å². The molecule has 0 aliphatic carbocycles. The van der Waals surface area contributed by atoms with Gasteiger partial charge in [-0.15, -0.1) is 11.8 Å². The van der Waals surface area contributed by atoms with Gasteiger partial charge in [-0.2, -0.15) is 0 Å². The third-order valence-electron chi connectivity index (χ3n) is 3.49. The van der Waals surface area contributed by atoms with Gasteiger partial charge < -0.3 is 14.8 Å². The number of thioether (sulfide) groups is 1. The zero-order valence-corrected chi connectivity index (χ0v) is 15.4. The molecule has 0 heterocycles. The van der Waals surface area contributed by atoms with E-state index in [-0.39, 0.29) is 11.2 Å². The van der Waals surface area contributed by atoms with E-state index in [1.54, 1.807) is 32.4 Å². The Kier molecular flexibility index (Phi) is 6.82. The molecule has 1 amide bonds. The Balaban J connectivity index is 1.95. The Bertz CT molecular complexity index is 708. The Morgan fingerprint density at radius 1 is 1.21 bits per heavy atom. The van der Waals surface area contributed by atoms with Crippen molar-refractivity contribution in [2.45, 2.75) is 12.2 Å². The number of benzene rings is 2. The molecule has 0 aliphatic heterocycles. The predicted octanol–water partition coefficient (Wildman–Crippen LogP) is 4.79.